The molecule has 18 heteroatoms. The fraction of sp³-hybridized carbons (Fsp3) is 0.722. The van der Waals surface area contributed by atoms with Crippen LogP contribution in [-0.2, 0) is 27.6 Å². The predicted octanol–water partition coefficient (Wildman–Crippen LogP) is 7.13. The first-order valence-electron chi connectivity index (χ1n) is 18.3. The second-order valence-electron chi connectivity index (χ2n) is 16.2. The number of nitrogens with zero attached hydrogens (tertiary/aromatic N) is 4. The van der Waals surface area contributed by atoms with Crippen LogP contribution in [0.25, 0.3) is 9.69 Å². The average Bonchev–Trinajstić information content (AvgIpc) is 3.67. The van der Waals surface area contributed by atoms with Crippen molar-refractivity contribution in [1.29, 1.82) is 0 Å². The van der Waals surface area contributed by atoms with Crippen LogP contribution in [-0.4, -0.2) is 82.1 Å². The summed E-state index contributed by atoms with van der Waals surface area (Å²) < 4.78 is 41.8. The highest BCUT2D eigenvalue weighted by molar-refractivity contribution is 7.71. The van der Waals surface area contributed by atoms with E-state index < -0.39 is 16.8 Å². The molecular formula is C36H48N6O8P2S2. The van der Waals surface area contributed by atoms with E-state index in [9.17, 15) is 9.59 Å². The van der Waals surface area contributed by atoms with Crippen LogP contribution in [0.4, 0.5) is 0 Å². The van der Waals surface area contributed by atoms with Gasteiger partial charge in [0.1, 0.15) is 36.9 Å². The lowest BCUT2D eigenvalue weighted by atomic mass is 9.89. The molecule has 0 aromatic carbocycles. The van der Waals surface area contributed by atoms with Crippen LogP contribution in [0, 0.1) is 59.2 Å². The van der Waals surface area contributed by atoms with Crippen LogP contribution in [0.3, 0.4) is 0 Å². The lowest BCUT2D eigenvalue weighted by Crippen LogP contribution is -2.40. The molecule has 4 heterocycles. The number of hydrogen-bond acceptors (Lipinski definition) is 10. The molecule has 292 valence electrons. The van der Waals surface area contributed by atoms with Gasteiger partial charge in [-0.25, -0.2) is 13.1 Å². The summed E-state index contributed by atoms with van der Waals surface area (Å²) in [5.41, 5.74) is 0.380. The fourth-order valence-corrected chi connectivity index (χ4v) is 12.4. The van der Waals surface area contributed by atoms with Gasteiger partial charge in [0.15, 0.2) is 26.3 Å². The number of aryl methyl sites for hydroxylation is 2. The fourth-order valence-electron chi connectivity index (χ4n) is 9.56. The number of H-pyrrole nitrogens is 2. The first-order chi connectivity index (χ1) is 25.6. The van der Waals surface area contributed by atoms with Gasteiger partial charge < -0.3 is 37.3 Å². The molecule has 2 unspecified atom stereocenters. The number of fused-ring (bicyclic) bond motifs is 6. The highest BCUT2D eigenvalue weighted by atomic mass is 32.1. The summed E-state index contributed by atoms with van der Waals surface area (Å²) in [5.74, 6) is 1.25. The Balaban J connectivity index is 0.000000167. The van der Waals surface area contributed by atoms with Crippen LogP contribution in [0.1, 0.15) is 76.0 Å². The van der Waals surface area contributed by atoms with Crippen molar-refractivity contribution in [2.24, 2.45) is 22.7 Å². The minimum Gasteiger partial charge on any atom is -0.351 e. The molecule has 12 atom stereocenters. The normalized spacial score (nSPS) is 37.5. The SMILES string of the molecule is [C-]#[N+]CCOP(C)O[C@]12C[C@@H]3C[C@]3(C)[C@H]1O[C@@H](n1cc(C)c(=O)[nH]c1=S)C2.[C-]#[N+]CCOP(C)O[C@]12C[C@@H]3C[C@]3(C)[C@H]1O[C@@H](n1cc(C)c(=O)[nH]c1=S)C2. The van der Waals surface area contributed by atoms with Crippen LogP contribution in [0.15, 0.2) is 22.0 Å². The molecule has 2 saturated heterocycles. The zero-order chi connectivity index (χ0) is 38.8. The van der Waals surface area contributed by atoms with E-state index in [0.717, 1.165) is 25.7 Å². The van der Waals surface area contributed by atoms with Crippen LogP contribution in [0.2, 0.25) is 0 Å². The predicted molar refractivity (Wildman–Crippen MR) is 208 cm³/mol. The van der Waals surface area contributed by atoms with Gasteiger partial charge in [-0.05, 0) is 86.6 Å². The number of rotatable bonds is 12. The standard InChI is InChI=1S/2C18H24N3O4PS/c2*1-11-10-21(16(27)20-14(11)22)13-9-18(25-26(4)23-6-5-19-3)8-12-7-17(12,2)15(18)24-13/h2*10,12-13,15H,5-9H2,1-2,4H3,(H,20,22,27)/t2*12-,13+,15+,17-,18-,26?/m00/s1. The first kappa shape index (κ1) is 40.0. The van der Waals surface area contributed by atoms with E-state index >= 15 is 0 Å². The zero-order valence-electron chi connectivity index (χ0n) is 31.5. The summed E-state index contributed by atoms with van der Waals surface area (Å²) in [4.78, 5) is 35.7. The highest BCUT2D eigenvalue weighted by Crippen LogP contribution is 2.74. The van der Waals surface area contributed by atoms with Crippen molar-refractivity contribution < 1.29 is 27.6 Å². The summed E-state index contributed by atoms with van der Waals surface area (Å²) >= 11 is 10.7. The third kappa shape index (κ3) is 7.26. The Kier molecular flexibility index (Phi) is 11.1. The van der Waals surface area contributed by atoms with Crippen LogP contribution < -0.4 is 11.1 Å². The molecule has 4 aliphatic carbocycles. The Hall–Kier alpha value is -2.20. The van der Waals surface area contributed by atoms with Crippen molar-refractivity contribution >= 4 is 41.2 Å². The molecule has 0 amide bonds. The van der Waals surface area contributed by atoms with Gasteiger partial charge >= 0.3 is 0 Å². The molecule has 6 aliphatic rings. The molecule has 2 aliphatic heterocycles. The molecule has 6 fully saturated rings. The Bertz CT molecular complexity index is 1970. The van der Waals surface area contributed by atoms with E-state index in [2.05, 4.69) is 33.5 Å². The second-order valence-corrected chi connectivity index (χ2v) is 19.6. The lowest BCUT2D eigenvalue weighted by molar-refractivity contribution is -0.0652. The second kappa shape index (κ2) is 14.9. The zero-order valence-corrected chi connectivity index (χ0v) is 34.9. The van der Waals surface area contributed by atoms with E-state index in [4.69, 9.17) is 65.1 Å². The van der Waals surface area contributed by atoms with Gasteiger partial charge in [-0.2, -0.15) is 0 Å². The van der Waals surface area contributed by atoms with Gasteiger partial charge in [-0.3, -0.25) is 28.7 Å². The molecule has 14 nitrogen and oxygen atoms in total. The Morgan fingerprint density at radius 1 is 0.759 bits per heavy atom. The maximum Gasteiger partial charge on any atom is 0.254 e. The Labute approximate surface area is 327 Å². The maximum absolute atomic E-state index is 11.8. The van der Waals surface area contributed by atoms with Crippen LogP contribution >= 0.6 is 41.2 Å². The summed E-state index contributed by atoms with van der Waals surface area (Å²) in [7, 11) is -2.18. The van der Waals surface area contributed by atoms with Crippen LogP contribution in [0.5, 0.6) is 0 Å². The molecule has 2 aromatic heterocycles. The smallest absolute Gasteiger partial charge is 0.254 e. The summed E-state index contributed by atoms with van der Waals surface area (Å²) in [6, 6.07) is 0. The van der Waals surface area contributed by atoms with Gasteiger partial charge in [0.2, 0.25) is 13.1 Å². The van der Waals surface area contributed by atoms with E-state index in [1.54, 1.807) is 26.2 Å². The Morgan fingerprint density at radius 3 is 1.52 bits per heavy atom. The third-order valence-corrected chi connectivity index (χ3v) is 15.3. The monoisotopic (exact) mass is 818 g/mol. The topological polar surface area (TPSA) is 140 Å². The summed E-state index contributed by atoms with van der Waals surface area (Å²) in [5, 5.41) is 0. The molecule has 0 bridgehead atoms. The van der Waals surface area contributed by atoms with Crippen molar-refractivity contribution in [3.63, 3.8) is 0 Å². The Morgan fingerprint density at radius 2 is 1.15 bits per heavy atom. The maximum atomic E-state index is 11.8. The number of aromatic amines is 2. The largest absolute Gasteiger partial charge is 0.351 e. The van der Waals surface area contributed by atoms with Gasteiger partial charge in [-0.15, -0.1) is 0 Å². The number of ether oxygens (including phenoxy) is 2. The lowest BCUT2D eigenvalue weighted by Gasteiger charge is -2.33. The molecule has 2 N–H and O–H groups in total. The quantitative estimate of drug-likeness (QED) is 0.0985. The molecule has 0 radical (unpaired) electrons. The van der Waals surface area contributed by atoms with Gasteiger partial charge in [0.25, 0.3) is 11.1 Å². The van der Waals surface area contributed by atoms with Crippen molar-refractivity contribution in [3.05, 3.63) is 76.6 Å². The molecule has 8 rings (SSSR count). The summed E-state index contributed by atoms with van der Waals surface area (Å²) in [6.45, 7) is 27.2. The molecule has 4 saturated carbocycles. The van der Waals surface area contributed by atoms with Crippen molar-refractivity contribution in [1.82, 2.24) is 19.1 Å². The first-order valence-corrected chi connectivity index (χ1v) is 22.4. The van der Waals surface area contributed by atoms with Crippen molar-refractivity contribution in [2.45, 2.75) is 102 Å². The van der Waals surface area contributed by atoms with E-state index in [1.165, 1.54) is 0 Å². The third-order valence-electron chi connectivity index (χ3n) is 12.4. The van der Waals surface area contributed by atoms with E-state index in [-0.39, 0.29) is 57.8 Å². The van der Waals surface area contributed by atoms with Crippen molar-refractivity contribution in [2.75, 3.05) is 39.6 Å². The van der Waals surface area contributed by atoms with Gasteiger partial charge in [-0.1, -0.05) is 13.8 Å². The van der Waals surface area contributed by atoms with Gasteiger partial charge in [0, 0.05) is 49.7 Å². The molecule has 54 heavy (non-hydrogen) atoms. The number of hydrogen-bond donors (Lipinski definition) is 2. The highest BCUT2D eigenvalue weighted by Gasteiger charge is 2.75. The average molecular weight is 819 g/mol. The van der Waals surface area contributed by atoms with E-state index in [1.807, 2.05) is 22.5 Å². The minimum absolute atomic E-state index is 0.0106. The number of nitrogens with one attached hydrogen (secondary N) is 2. The molecule has 2 aromatic rings. The molecule has 0 spiro atoms. The van der Waals surface area contributed by atoms with Gasteiger partial charge in [0.05, 0.1) is 12.2 Å². The van der Waals surface area contributed by atoms with Crippen molar-refractivity contribution in [3.8, 4) is 0 Å². The summed E-state index contributed by atoms with van der Waals surface area (Å²) in [6.07, 6.45) is 8.60. The van der Waals surface area contributed by atoms with E-state index in [0.29, 0.717) is 71.6 Å². The molecular weight excluding hydrogens is 771 g/mol. The minimum atomic E-state index is -1.09. The number of aromatic nitrogens is 4.